The van der Waals surface area contributed by atoms with E-state index in [0.717, 1.165) is 17.8 Å². The number of halogens is 3. The molecule has 0 atom stereocenters. The van der Waals surface area contributed by atoms with Gasteiger partial charge in [-0.25, -0.2) is 8.78 Å². The molecule has 1 aromatic heterocycles. The van der Waals surface area contributed by atoms with Crippen LogP contribution in [0.2, 0.25) is 0 Å². The molecule has 0 bridgehead atoms. The van der Waals surface area contributed by atoms with Crippen LogP contribution in [0.1, 0.15) is 5.69 Å². The van der Waals surface area contributed by atoms with Crippen LogP contribution in [-0.2, 0) is 13.6 Å². The van der Waals surface area contributed by atoms with E-state index in [1.54, 1.807) is 24.0 Å². The van der Waals surface area contributed by atoms with Crippen LogP contribution in [0.15, 0.2) is 28.9 Å². The van der Waals surface area contributed by atoms with E-state index < -0.39 is 11.6 Å². The standard InChI is InChI=1S/C11H10BrF2N3/c1-17-3-2-7(16-17)6-15-11-5-9(13)8(12)4-10(11)14/h2-5,15H,6H2,1H3. The summed E-state index contributed by atoms with van der Waals surface area (Å²) >= 11 is 2.92. The summed E-state index contributed by atoms with van der Waals surface area (Å²) in [6.07, 6.45) is 1.79. The Morgan fingerprint density at radius 3 is 2.76 bits per heavy atom. The lowest BCUT2D eigenvalue weighted by molar-refractivity contribution is 0.596. The molecule has 1 heterocycles. The molecular weight excluding hydrogens is 292 g/mol. The summed E-state index contributed by atoms with van der Waals surface area (Å²) in [7, 11) is 1.80. The summed E-state index contributed by atoms with van der Waals surface area (Å²) in [4.78, 5) is 0. The Bertz CT molecular complexity index is 540. The molecule has 0 aliphatic carbocycles. The highest BCUT2D eigenvalue weighted by atomic mass is 79.9. The molecule has 6 heteroatoms. The van der Waals surface area contributed by atoms with Crippen molar-refractivity contribution in [3.63, 3.8) is 0 Å². The highest BCUT2D eigenvalue weighted by Crippen LogP contribution is 2.23. The zero-order valence-electron chi connectivity index (χ0n) is 9.04. The van der Waals surface area contributed by atoms with Crippen LogP contribution in [0.25, 0.3) is 0 Å². The largest absolute Gasteiger partial charge is 0.377 e. The average molecular weight is 302 g/mol. The molecule has 1 N–H and O–H groups in total. The topological polar surface area (TPSA) is 29.9 Å². The van der Waals surface area contributed by atoms with Gasteiger partial charge < -0.3 is 5.32 Å². The molecule has 0 fully saturated rings. The van der Waals surface area contributed by atoms with Crippen molar-refractivity contribution >= 4 is 21.6 Å². The fourth-order valence-corrected chi connectivity index (χ4v) is 1.72. The maximum Gasteiger partial charge on any atom is 0.147 e. The summed E-state index contributed by atoms with van der Waals surface area (Å²) in [6, 6.07) is 4.01. The molecule has 2 aromatic rings. The summed E-state index contributed by atoms with van der Waals surface area (Å²) in [5, 5.41) is 6.92. The van der Waals surface area contributed by atoms with Gasteiger partial charge in [0.05, 0.1) is 22.4 Å². The quantitative estimate of drug-likeness (QED) is 0.883. The molecular formula is C11H10BrF2N3. The first-order chi connectivity index (χ1) is 8.06. The van der Waals surface area contributed by atoms with E-state index in [9.17, 15) is 8.78 Å². The van der Waals surface area contributed by atoms with Crippen LogP contribution >= 0.6 is 15.9 Å². The third-order valence-electron chi connectivity index (χ3n) is 2.24. The second-order valence-corrected chi connectivity index (χ2v) is 4.43. The molecule has 3 nitrogen and oxygen atoms in total. The molecule has 0 saturated carbocycles. The first kappa shape index (κ1) is 12.0. The Labute approximate surface area is 106 Å². The molecule has 0 radical (unpaired) electrons. The lowest BCUT2D eigenvalue weighted by atomic mass is 10.3. The minimum absolute atomic E-state index is 0.110. The van der Waals surface area contributed by atoms with Crippen LogP contribution in [0.4, 0.5) is 14.5 Å². The van der Waals surface area contributed by atoms with Crippen molar-refractivity contribution in [2.75, 3.05) is 5.32 Å². The third-order valence-corrected chi connectivity index (χ3v) is 2.85. The van der Waals surface area contributed by atoms with Gasteiger partial charge >= 0.3 is 0 Å². The molecule has 0 unspecified atom stereocenters. The van der Waals surface area contributed by atoms with E-state index in [2.05, 4.69) is 26.3 Å². The van der Waals surface area contributed by atoms with Gasteiger partial charge in [-0.3, -0.25) is 4.68 Å². The predicted octanol–water partition coefficient (Wildman–Crippen LogP) is 3.07. The Hall–Kier alpha value is -1.43. The fourth-order valence-electron chi connectivity index (χ4n) is 1.40. The summed E-state index contributed by atoms with van der Waals surface area (Å²) in [6.45, 7) is 0.346. The van der Waals surface area contributed by atoms with Gasteiger partial charge in [-0.2, -0.15) is 5.10 Å². The lowest BCUT2D eigenvalue weighted by Gasteiger charge is -2.06. The summed E-state index contributed by atoms with van der Waals surface area (Å²) < 4.78 is 28.4. The average Bonchev–Trinajstić information content (AvgIpc) is 2.68. The second-order valence-electron chi connectivity index (χ2n) is 3.58. The van der Waals surface area contributed by atoms with E-state index in [1.807, 2.05) is 0 Å². The monoisotopic (exact) mass is 301 g/mol. The Morgan fingerprint density at radius 2 is 2.12 bits per heavy atom. The van der Waals surface area contributed by atoms with Gasteiger partial charge in [-0.15, -0.1) is 0 Å². The van der Waals surface area contributed by atoms with Crippen LogP contribution < -0.4 is 5.32 Å². The molecule has 90 valence electrons. The number of aromatic nitrogens is 2. The number of hydrogen-bond donors (Lipinski definition) is 1. The maximum absolute atomic E-state index is 13.5. The summed E-state index contributed by atoms with van der Waals surface area (Å²) in [5.74, 6) is -1.01. The van der Waals surface area contributed by atoms with E-state index in [1.165, 1.54) is 0 Å². The number of anilines is 1. The van der Waals surface area contributed by atoms with E-state index >= 15 is 0 Å². The van der Waals surface area contributed by atoms with Crippen molar-refractivity contribution in [2.45, 2.75) is 6.54 Å². The van der Waals surface area contributed by atoms with Gasteiger partial charge in [-0.05, 0) is 28.1 Å². The van der Waals surface area contributed by atoms with Crippen molar-refractivity contribution in [1.29, 1.82) is 0 Å². The number of nitrogens with zero attached hydrogens (tertiary/aromatic N) is 2. The van der Waals surface area contributed by atoms with Crippen molar-refractivity contribution in [1.82, 2.24) is 9.78 Å². The zero-order chi connectivity index (χ0) is 12.4. The first-order valence-electron chi connectivity index (χ1n) is 4.93. The van der Waals surface area contributed by atoms with Gasteiger partial charge in [0.15, 0.2) is 0 Å². The highest BCUT2D eigenvalue weighted by molar-refractivity contribution is 9.10. The molecule has 0 saturated heterocycles. The molecule has 1 aromatic carbocycles. The minimum Gasteiger partial charge on any atom is -0.377 e. The van der Waals surface area contributed by atoms with Crippen LogP contribution in [0, 0.1) is 11.6 Å². The SMILES string of the molecule is Cn1ccc(CNc2cc(F)c(Br)cc2F)n1. The van der Waals surface area contributed by atoms with Gasteiger partial charge in [0.2, 0.25) is 0 Å². The molecule has 0 amide bonds. The normalized spacial score (nSPS) is 10.6. The van der Waals surface area contributed by atoms with Gasteiger partial charge in [0, 0.05) is 19.3 Å². The molecule has 0 spiro atoms. The first-order valence-corrected chi connectivity index (χ1v) is 5.72. The Balaban J connectivity index is 2.11. The number of benzene rings is 1. The van der Waals surface area contributed by atoms with Crippen LogP contribution in [-0.4, -0.2) is 9.78 Å². The number of hydrogen-bond acceptors (Lipinski definition) is 2. The van der Waals surface area contributed by atoms with Gasteiger partial charge in [0.1, 0.15) is 11.6 Å². The molecule has 2 rings (SSSR count). The van der Waals surface area contributed by atoms with Gasteiger partial charge in [-0.1, -0.05) is 0 Å². The van der Waals surface area contributed by atoms with Crippen LogP contribution in [0.5, 0.6) is 0 Å². The highest BCUT2D eigenvalue weighted by Gasteiger charge is 2.08. The van der Waals surface area contributed by atoms with Crippen molar-refractivity contribution < 1.29 is 8.78 Å². The lowest BCUT2D eigenvalue weighted by Crippen LogP contribution is -2.03. The number of aryl methyl sites for hydroxylation is 1. The molecule has 0 aliphatic heterocycles. The minimum atomic E-state index is -0.505. The van der Waals surface area contributed by atoms with E-state index in [-0.39, 0.29) is 10.2 Å². The fraction of sp³-hybridized carbons (Fsp3) is 0.182. The van der Waals surface area contributed by atoms with E-state index in [4.69, 9.17) is 0 Å². The number of rotatable bonds is 3. The maximum atomic E-state index is 13.5. The molecule has 0 aliphatic rings. The second kappa shape index (κ2) is 4.83. The van der Waals surface area contributed by atoms with Crippen molar-refractivity contribution in [2.24, 2.45) is 7.05 Å². The van der Waals surface area contributed by atoms with Gasteiger partial charge in [0.25, 0.3) is 0 Å². The summed E-state index contributed by atoms with van der Waals surface area (Å²) in [5.41, 5.74) is 0.881. The predicted molar refractivity (Wildman–Crippen MR) is 64.6 cm³/mol. The van der Waals surface area contributed by atoms with E-state index in [0.29, 0.717) is 6.54 Å². The van der Waals surface area contributed by atoms with Crippen molar-refractivity contribution in [3.05, 3.63) is 46.2 Å². The molecule has 17 heavy (non-hydrogen) atoms. The Morgan fingerprint density at radius 1 is 1.35 bits per heavy atom. The smallest absolute Gasteiger partial charge is 0.147 e. The third kappa shape index (κ3) is 2.82. The van der Waals surface area contributed by atoms with Crippen LogP contribution in [0.3, 0.4) is 0 Å². The number of nitrogens with one attached hydrogen (secondary N) is 1. The Kier molecular flexibility index (Phi) is 3.42. The van der Waals surface area contributed by atoms with Crippen molar-refractivity contribution in [3.8, 4) is 0 Å². The zero-order valence-corrected chi connectivity index (χ0v) is 10.6.